The normalized spacial score (nSPS) is 11.9. The van der Waals surface area contributed by atoms with E-state index >= 15 is 0 Å². The van der Waals surface area contributed by atoms with Crippen molar-refractivity contribution in [1.82, 2.24) is 15.4 Å². The van der Waals surface area contributed by atoms with Crippen molar-refractivity contribution in [2.75, 3.05) is 33.9 Å². The fourth-order valence-electron chi connectivity index (χ4n) is 2.79. The van der Waals surface area contributed by atoms with E-state index in [0.29, 0.717) is 38.9 Å². The molecular weight excluding hydrogens is 416 g/mol. The van der Waals surface area contributed by atoms with Gasteiger partial charge in [0.15, 0.2) is 5.96 Å². The van der Waals surface area contributed by atoms with Gasteiger partial charge in [0, 0.05) is 32.3 Å². The topological polar surface area (TPSA) is 101 Å². The van der Waals surface area contributed by atoms with E-state index in [2.05, 4.69) is 20.3 Å². The monoisotopic (exact) mass is 448 g/mol. The molecule has 0 aliphatic rings. The molecule has 0 fully saturated rings. The van der Waals surface area contributed by atoms with Crippen LogP contribution in [0, 0.1) is 6.92 Å². The number of sulfonamides is 1. The van der Waals surface area contributed by atoms with Crippen molar-refractivity contribution >= 4 is 16.0 Å². The van der Waals surface area contributed by atoms with Gasteiger partial charge in [-0.15, -0.1) is 0 Å². The lowest BCUT2D eigenvalue weighted by atomic mass is 10.1. The number of hydrogen-bond donors (Lipinski definition) is 3. The molecule has 0 aliphatic heterocycles. The molecule has 0 heterocycles. The fourth-order valence-corrected chi connectivity index (χ4v) is 3.52. The number of aryl methyl sites for hydroxylation is 1. The molecule has 31 heavy (non-hydrogen) atoms. The van der Waals surface area contributed by atoms with Gasteiger partial charge in [-0.2, -0.15) is 0 Å². The lowest BCUT2D eigenvalue weighted by molar-refractivity contribution is 0.110. The summed E-state index contributed by atoms with van der Waals surface area (Å²) < 4.78 is 37.2. The summed E-state index contributed by atoms with van der Waals surface area (Å²) >= 11 is 0. The predicted octanol–water partition coefficient (Wildman–Crippen LogP) is 2.18. The average molecular weight is 449 g/mol. The van der Waals surface area contributed by atoms with Gasteiger partial charge < -0.3 is 20.1 Å². The van der Waals surface area contributed by atoms with Crippen molar-refractivity contribution in [3.8, 4) is 5.75 Å². The zero-order chi connectivity index (χ0) is 22.7. The van der Waals surface area contributed by atoms with Crippen molar-refractivity contribution in [2.24, 2.45) is 4.99 Å². The third-order valence-corrected chi connectivity index (χ3v) is 5.97. The largest absolute Gasteiger partial charge is 0.491 e. The van der Waals surface area contributed by atoms with Gasteiger partial charge in [0.25, 0.3) is 0 Å². The number of aliphatic imine (C=N–C) groups is 1. The van der Waals surface area contributed by atoms with Gasteiger partial charge >= 0.3 is 0 Å². The lowest BCUT2D eigenvalue weighted by Gasteiger charge is -2.16. The van der Waals surface area contributed by atoms with Gasteiger partial charge in [-0.1, -0.05) is 24.3 Å². The highest BCUT2D eigenvalue weighted by Crippen LogP contribution is 2.20. The average Bonchev–Trinajstić information content (AvgIpc) is 2.78. The lowest BCUT2D eigenvalue weighted by Crippen LogP contribution is -2.36. The van der Waals surface area contributed by atoms with Crippen LogP contribution in [0.1, 0.15) is 23.6 Å². The Morgan fingerprint density at radius 3 is 2.39 bits per heavy atom. The van der Waals surface area contributed by atoms with E-state index in [1.54, 1.807) is 31.3 Å². The molecule has 0 atom stereocenters. The van der Waals surface area contributed by atoms with Gasteiger partial charge in [0.2, 0.25) is 10.0 Å². The van der Waals surface area contributed by atoms with Crippen LogP contribution in [0.3, 0.4) is 0 Å². The summed E-state index contributed by atoms with van der Waals surface area (Å²) in [5.74, 6) is 1.46. The zero-order valence-electron chi connectivity index (χ0n) is 18.6. The summed E-state index contributed by atoms with van der Waals surface area (Å²) in [6, 6.07) is 12.8. The smallest absolute Gasteiger partial charge is 0.240 e. The molecule has 0 spiro atoms. The van der Waals surface area contributed by atoms with E-state index in [-0.39, 0.29) is 4.90 Å². The maximum Gasteiger partial charge on any atom is 0.240 e. The van der Waals surface area contributed by atoms with E-state index in [1.807, 2.05) is 32.0 Å². The predicted molar refractivity (Wildman–Crippen MR) is 123 cm³/mol. The second-order valence-electron chi connectivity index (χ2n) is 6.79. The minimum Gasteiger partial charge on any atom is -0.491 e. The van der Waals surface area contributed by atoms with Crippen molar-refractivity contribution in [1.29, 1.82) is 0 Å². The van der Waals surface area contributed by atoms with Gasteiger partial charge in [0.1, 0.15) is 12.4 Å². The summed E-state index contributed by atoms with van der Waals surface area (Å²) in [6.07, 6.45) is 0. The highest BCUT2D eigenvalue weighted by molar-refractivity contribution is 7.89. The van der Waals surface area contributed by atoms with Gasteiger partial charge in [-0.25, -0.2) is 13.1 Å². The van der Waals surface area contributed by atoms with Crippen LogP contribution >= 0.6 is 0 Å². The first-order valence-electron chi connectivity index (χ1n) is 10.2. The van der Waals surface area contributed by atoms with Crippen LogP contribution in [0.5, 0.6) is 5.75 Å². The van der Waals surface area contributed by atoms with Crippen LogP contribution in [0.25, 0.3) is 0 Å². The Morgan fingerprint density at radius 1 is 1.03 bits per heavy atom. The van der Waals surface area contributed by atoms with E-state index < -0.39 is 10.0 Å². The minimum atomic E-state index is -3.43. The van der Waals surface area contributed by atoms with Crippen LogP contribution in [0.15, 0.2) is 52.4 Å². The molecule has 3 N–H and O–H groups in total. The number of ether oxygens (including phenoxy) is 2. The third-order valence-electron chi connectivity index (χ3n) is 4.54. The molecular formula is C22H32N4O4S. The molecule has 8 nitrogen and oxygen atoms in total. The van der Waals surface area contributed by atoms with Crippen LogP contribution in [-0.4, -0.2) is 48.3 Å². The van der Waals surface area contributed by atoms with Crippen molar-refractivity contribution in [3.05, 3.63) is 59.2 Å². The molecule has 0 aromatic heterocycles. The quantitative estimate of drug-likeness (QED) is 0.277. The Balaban J connectivity index is 1.92. The van der Waals surface area contributed by atoms with Crippen LogP contribution in [-0.2, 0) is 27.8 Å². The fraction of sp³-hybridized carbons (Fsp3) is 0.409. The first-order chi connectivity index (χ1) is 14.9. The summed E-state index contributed by atoms with van der Waals surface area (Å²) in [6.45, 7) is 6.75. The summed E-state index contributed by atoms with van der Waals surface area (Å²) in [5, 5.41) is 6.52. The van der Waals surface area contributed by atoms with Crippen molar-refractivity contribution in [3.63, 3.8) is 0 Å². The SMILES string of the molecule is CCOCCOc1cc(C)ccc1CNC(=NC)NCc1ccc(S(=O)(=O)NC)cc1. The Hall–Kier alpha value is -2.62. The molecule has 2 aromatic carbocycles. The maximum atomic E-state index is 11.8. The van der Waals surface area contributed by atoms with Gasteiger partial charge in [0.05, 0.1) is 11.5 Å². The molecule has 0 saturated heterocycles. The molecule has 2 rings (SSSR count). The molecule has 9 heteroatoms. The number of hydrogen-bond acceptors (Lipinski definition) is 5. The first kappa shape index (κ1) is 24.6. The van der Waals surface area contributed by atoms with E-state index in [1.165, 1.54) is 7.05 Å². The Bertz CT molecular complexity index is 960. The van der Waals surface area contributed by atoms with Gasteiger partial charge in [-0.3, -0.25) is 4.99 Å². The van der Waals surface area contributed by atoms with Crippen LogP contribution < -0.4 is 20.1 Å². The van der Waals surface area contributed by atoms with E-state index in [9.17, 15) is 8.42 Å². The third kappa shape index (κ3) is 7.86. The molecule has 0 saturated carbocycles. The Morgan fingerprint density at radius 2 is 1.74 bits per heavy atom. The second kappa shape index (κ2) is 12.3. The molecule has 0 bridgehead atoms. The van der Waals surface area contributed by atoms with Gasteiger partial charge in [-0.05, 0) is 50.2 Å². The second-order valence-corrected chi connectivity index (χ2v) is 8.67. The molecule has 0 amide bonds. The number of benzene rings is 2. The first-order valence-corrected chi connectivity index (χ1v) is 11.6. The van der Waals surface area contributed by atoms with Crippen molar-refractivity contribution < 1.29 is 17.9 Å². The van der Waals surface area contributed by atoms with Crippen molar-refractivity contribution in [2.45, 2.75) is 31.8 Å². The van der Waals surface area contributed by atoms with Crippen LogP contribution in [0.2, 0.25) is 0 Å². The highest BCUT2D eigenvalue weighted by atomic mass is 32.2. The summed E-state index contributed by atoms with van der Waals surface area (Å²) in [4.78, 5) is 4.48. The number of nitrogens with one attached hydrogen (secondary N) is 3. The minimum absolute atomic E-state index is 0.234. The zero-order valence-corrected chi connectivity index (χ0v) is 19.4. The number of guanidine groups is 1. The van der Waals surface area contributed by atoms with E-state index in [4.69, 9.17) is 9.47 Å². The van der Waals surface area contributed by atoms with Crippen LogP contribution in [0.4, 0.5) is 0 Å². The molecule has 0 radical (unpaired) electrons. The number of nitrogens with zero attached hydrogens (tertiary/aromatic N) is 1. The molecule has 0 unspecified atom stereocenters. The molecule has 170 valence electrons. The Kier molecular flexibility index (Phi) is 9.77. The standard InChI is InChI=1S/C22H32N4O4S/c1-5-29-12-13-30-21-14-17(2)6-9-19(21)16-26-22(23-3)25-15-18-7-10-20(11-8-18)31(27,28)24-4/h6-11,14,24H,5,12-13,15-16H2,1-4H3,(H2,23,25,26). The van der Waals surface area contributed by atoms with E-state index in [0.717, 1.165) is 22.4 Å². The molecule has 2 aromatic rings. The maximum absolute atomic E-state index is 11.8. The Labute approximate surface area is 185 Å². The molecule has 0 aliphatic carbocycles. The summed E-state index contributed by atoms with van der Waals surface area (Å²) in [5.41, 5.74) is 3.08. The highest BCUT2D eigenvalue weighted by Gasteiger charge is 2.10. The summed E-state index contributed by atoms with van der Waals surface area (Å²) in [7, 11) is -0.340. The number of rotatable bonds is 11.